The molecule has 0 saturated carbocycles. The Kier molecular flexibility index (Phi) is 5.83. The molecule has 0 radical (unpaired) electrons. The molecule has 4 rings (SSSR count). The first-order chi connectivity index (χ1) is 14.5. The number of carbonyl (C=O) groups excluding carboxylic acids is 2. The Morgan fingerprint density at radius 3 is 2.73 bits per heavy atom. The normalized spacial score (nSPS) is 14.9. The van der Waals surface area contributed by atoms with E-state index in [1.54, 1.807) is 0 Å². The van der Waals surface area contributed by atoms with Crippen molar-refractivity contribution in [2.45, 2.75) is 46.1 Å². The monoisotopic (exact) mass is 408 g/mol. The number of amides is 2. The fraction of sp³-hybridized carbons (Fsp3) is 0.455. The topological polar surface area (TPSA) is 95.9 Å². The maximum Gasteiger partial charge on any atom is 0.224 e. The third kappa shape index (κ3) is 4.87. The molecule has 8 heteroatoms. The van der Waals surface area contributed by atoms with Gasteiger partial charge in [0.15, 0.2) is 0 Å². The molecule has 2 N–H and O–H groups in total. The molecule has 1 fully saturated rings. The number of carbonyl (C=O) groups is 2. The van der Waals surface area contributed by atoms with Gasteiger partial charge in [-0.2, -0.15) is 5.10 Å². The lowest BCUT2D eigenvalue weighted by Gasteiger charge is -2.31. The number of H-pyrrole nitrogens is 1. The van der Waals surface area contributed by atoms with Gasteiger partial charge in [-0.3, -0.25) is 14.3 Å². The number of hydrogen-bond acceptors (Lipinski definition) is 4. The van der Waals surface area contributed by atoms with Crippen LogP contribution in [0.5, 0.6) is 0 Å². The van der Waals surface area contributed by atoms with Crippen LogP contribution in [0.4, 0.5) is 5.69 Å². The van der Waals surface area contributed by atoms with Gasteiger partial charge in [-0.1, -0.05) is 0 Å². The summed E-state index contributed by atoms with van der Waals surface area (Å²) in [6.07, 6.45) is 4.56. The number of hydrogen-bond donors (Lipinski definition) is 2. The van der Waals surface area contributed by atoms with E-state index >= 15 is 0 Å². The molecule has 0 bridgehead atoms. The second-order valence-electron chi connectivity index (χ2n) is 8.10. The van der Waals surface area contributed by atoms with E-state index in [1.165, 1.54) is 0 Å². The minimum Gasteiger partial charge on any atom is -0.343 e. The summed E-state index contributed by atoms with van der Waals surface area (Å²) in [4.78, 5) is 34.4. The van der Waals surface area contributed by atoms with Gasteiger partial charge in [-0.05, 0) is 56.9 Å². The first kappa shape index (κ1) is 20.1. The summed E-state index contributed by atoms with van der Waals surface area (Å²) in [6.45, 7) is 5.89. The van der Waals surface area contributed by atoms with Crippen molar-refractivity contribution in [3.05, 3.63) is 42.0 Å². The molecule has 3 aromatic rings. The molecule has 30 heavy (non-hydrogen) atoms. The van der Waals surface area contributed by atoms with Crippen LogP contribution >= 0.6 is 0 Å². The minimum atomic E-state index is 0.0180. The van der Waals surface area contributed by atoms with Gasteiger partial charge in [-0.25, -0.2) is 4.98 Å². The molecular weight excluding hydrogens is 380 g/mol. The third-order valence-corrected chi connectivity index (χ3v) is 5.65. The standard InChI is InChI=1S/C22H28N6O2/c1-15-5-11-28(26-15)12-8-22(30)27-9-6-17(7-10-27)13-21(29)25-18-3-4-19-20(14-18)24-16(2)23-19/h3-5,11,14,17H,6-10,12-13H2,1-2H3,(H,23,24)(H,25,29). The molecule has 1 aliphatic rings. The molecule has 0 atom stereocenters. The Balaban J connectivity index is 1.21. The number of anilines is 1. The highest BCUT2D eigenvalue weighted by atomic mass is 16.2. The SMILES string of the molecule is Cc1ccn(CCC(=O)N2CCC(CC(=O)Nc3ccc4nc(C)[nH]c4c3)CC2)n1. The molecule has 1 saturated heterocycles. The van der Waals surface area contributed by atoms with E-state index in [-0.39, 0.29) is 11.8 Å². The third-order valence-electron chi connectivity index (χ3n) is 5.65. The fourth-order valence-corrected chi connectivity index (χ4v) is 4.03. The maximum atomic E-state index is 12.5. The average Bonchev–Trinajstić information content (AvgIpc) is 3.30. The summed E-state index contributed by atoms with van der Waals surface area (Å²) in [7, 11) is 0. The van der Waals surface area contributed by atoms with Crippen LogP contribution in [0, 0.1) is 19.8 Å². The van der Waals surface area contributed by atoms with Gasteiger partial charge in [0.25, 0.3) is 0 Å². The number of aromatic amines is 1. The van der Waals surface area contributed by atoms with Gasteiger partial charge in [0, 0.05) is 44.4 Å². The van der Waals surface area contributed by atoms with Gasteiger partial charge < -0.3 is 15.2 Å². The lowest BCUT2D eigenvalue weighted by atomic mass is 9.93. The molecule has 3 heterocycles. The summed E-state index contributed by atoms with van der Waals surface area (Å²) in [5.74, 6) is 1.34. The Labute approximate surface area is 175 Å². The van der Waals surface area contributed by atoms with Crippen LogP contribution in [0.1, 0.15) is 37.2 Å². The largest absolute Gasteiger partial charge is 0.343 e. The van der Waals surface area contributed by atoms with Crippen LogP contribution in [-0.4, -0.2) is 49.6 Å². The lowest BCUT2D eigenvalue weighted by molar-refractivity contribution is -0.132. The number of likely N-dealkylation sites (tertiary alicyclic amines) is 1. The van der Waals surface area contributed by atoms with E-state index in [9.17, 15) is 9.59 Å². The summed E-state index contributed by atoms with van der Waals surface area (Å²) >= 11 is 0. The fourth-order valence-electron chi connectivity index (χ4n) is 4.03. The minimum absolute atomic E-state index is 0.0180. The Bertz CT molecular complexity index is 1050. The second kappa shape index (κ2) is 8.69. The quantitative estimate of drug-likeness (QED) is 0.655. The number of nitrogens with one attached hydrogen (secondary N) is 2. The molecule has 8 nitrogen and oxygen atoms in total. The predicted octanol–water partition coefficient (Wildman–Crippen LogP) is 3.03. The second-order valence-corrected chi connectivity index (χ2v) is 8.10. The highest BCUT2D eigenvalue weighted by molar-refractivity contribution is 5.93. The number of rotatable bonds is 6. The van der Waals surface area contributed by atoms with Crippen LogP contribution < -0.4 is 5.32 Å². The number of aryl methyl sites for hydroxylation is 3. The van der Waals surface area contributed by atoms with E-state index in [0.717, 1.165) is 41.1 Å². The van der Waals surface area contributed by atoms with Crippen LogP contribution in [0.15, 0.2) is 30.5 Å². The molecule has 0 aliphatic carbocycles. The zero-order valence-electron chi connectivity index (χ0n) is 17.5. The first-order valence-electron chi connectivity index (χ1n) is 10.5. The molecule has 0 spiro atoms. The van der Waals surface area contributed by atoms with Crippen molar-refractivity contribution in [2.75, 3.05) is 18.4 Å². The van der Waals surface area contributed by atoms with Crippen molar-refractivity contribution in [1.82, 2.24) is 24.6 Å². The van der Waals surface area contributed by atoms with Crippen LogP contribution in [0.25, 0.3) is 11.0 Å². The number of nitrogens with zero attached hydrogens (tertiary/aromatic N) is 4. The average molecular weight is 409 g/mol. The zero-order chi connectivity index (χ0) is 21.1. The van der Waals surface area contributed by atoms with Crippen LogP contribution in [0.2, 0.25) is 0 Å². The lowest BCUT2D eigenvalue weighted by Crippen LogP contribution is -2.39. The van der Waals surface area contributed by atoms with Gasteiger partial charge in [0.2, 0.25) is 11.8 Å². The summed E-state index contributed by atoms with van der Waals surface area (Å²) in [5, 5.41) is 7.31. The smallest absolute Gasteiger partial charge is 0.224 e. The summed E-state index contributed by atoms with van der Waals surface area (Å²) in [5.41, 5.74) is 3.55. The van der Waals surface area contributed by atoms with Crippen molar-refractivity contribution in [1.29, 1.82) is 0 Å². The first-order valence-corrected chi connectivity index (χ1v) is 10.5. The molecule has 1 aliphatic heterocycles. The predicted molar refractivity (Wildman–Crippen MR) is 115 cm³/mol. The van der Waals surface area contributed by atoms with Crippen molar-refractivity contribution in [3.8, 4) is 0 Å². The summed E-state index contributed by atoms with van der Waals surface area (Å²) in [6, 6.07) is 7.64. The molecule has 2 aromatic heterocycles. The molecular formula is C22H28N6O2. The number of piperidine rings is 1. The number of benzene rings is 1. The molecule has 2 amide bonds. The van der Waals surface area contributed by atoms with Crippen molar-refractivity contribution in [3.63, 3.8) is 0 Å². The van der Waals surface area contributed by atoms with Gasteiger partial charge in [-0.15, -0.1) is 0 Å². The highest BCUT2D eigenvalue weighted by Crippen LogP contribution is 2.23. The Hall–Kier alpha value is -3.16. The number of aromatic nitrogens is 4. The van der Waals surface area contributed by atoms with Crippen molar-refractivity contribution < 1.29 is 9.59 Å². The van der Waals surface area contributed by atoms with Gasteiger partial charge in [0.05, 0.1) is 16.7 Å². The molecule has 1 aromatic carbocycles. The van der Waals surface area contributed by atoms with Crippen LogP contribution in [-0.2, 0) is 16.1 Å². The van der Waals surface area contributed by atoms with Crippen molar-refractivity contribution >= 4 is 28.5 Å². The van der Waals surface area contributed by atoms with E-state index in [2.05, 4.69) is 20.4 Å². The molecule has 0 unspecified atom stereocenters. The number of imidazole rings is 1. The zero-order valence-corrected chi connectivity index (χ0v) is 17.5. The van der Waals surface area contributed by atoms with Crippen LogP contribution in [0.3, 0.4) is 0 Å². The van der Waals surface area contributed by atoms with E-state index in [1.807, 2.05) is 53.9 Å². The Morgan fingerprint density at radius 1 is 1.20 bits per heavy atom. The molecule has 158 valence electrons. The van der Waals surface area contributed by atoms with E-state index in [0.29, 0.717) is 38.4 Å². The van der Waals surface area contributed by atoms with E-state index in [4.69, 9.17) is 0 Å². The van der Waals surface area contributed by atoms with Gasteiger partial charge in [0.1, 0.15) is 5.82 Å². The number of fused-ring (bicyclic) bond motifs is 1. The Morgan fingerprint density at radius 2 is 2.00 bits per heavy atom. The summed E-state index contributed by atoms with van der Waals surface area (Å²) < 4.78 is 1.81. The van der Waals surface area contributed by atoms with Gasteiger partial charge >= 0.3 is 0 Å². The van der Waals surface area contributed by atoms with Crippen molar-refractivity contribution in [2.24, 2.45) is 5.92 Å². The maximum absolute atomic E-state index is 12.5. The van der Waals surface area contributed by atoms with E-state index < -0.39 is 0 Å². The highest BCUT2D eigenvalue weighted by Gasteiger charge is 2.24.